The first-order chi connectivity index (χ1) is 9.95. The summed E-state index contributed by atoms with van der Waals surface area (Å²) in [5.41, 5.74) is 2.13. The van der Waals surface area contributed by atoms with Crippen molar-refractivity contribution in [3.8, 4) is 0 Å². The SMILES string of the molecule is CS(=O)(=O)N1CCN(C(=O)C2CCc3nc[nH]c3C2)CC1. The highest BCUT2D eigenvalue weighted by Crippen LogP contribution is 2.25. The van der Waals surface area contributed by atoms with Crippen molar-refractivity contribution in [3.63, 3.8) is 0 Å². The fourth-order valence-electron chi connectivity index (χ4n) is 3.11. The van der Waals surface area contributed by atoms with Crippen molar-refractivity contribution in [1.82, 2.24) is 19.2 Å². The predicted molar refractivity (Wildman–Crippen MR) is 77.1 cm³/mol. The summed E-state index contributed by atoms with van der Waals surface area (Å²) in [6.07, 6.45) is 5.26. The predicted octanol–water partition coefficient (Wildman–Crippen LogP) is -0.382. The van der Waals surface area contributed by atoms with E-state index >= 15 is 0 Å². The Kier molecular flexibility index (Phi) is 3.75. The molecule has 2 heterocycles. The number of amides is 1. The Morgan fingerprint density at radius 3 is 2.71 bits per heavy atom. The first-order valence-electron chi connectivity index (χ1n) is 7.20. The summed E-state index contributed by atoms with van der Waals surface area (Å²) in [6, 6.07) is 0. The molecule has 1 amide bonds. The Morgan fingerprint density at radius 2 is 2.05 bits per heavy atom. The molecule has 116 valence electrons. The van der Waals surface area contributed by atoms with E-state index in [4.69, 9.17) is 0 Å². The van der Waals surface area contributed by atoms with E-state index in [2.05, 4.69) is 9.97 Å². The van der Waals surface area contributed by atoms with E-state index in [1.807, 2.05) is 0 Å². The molecule has 8 heteroatoms. The summed E-state index contributed by atoms with van der Waals surface area (Å²) in [5, 5.41) is 0. The van der Waals surface area contributed by atoms with E-state index in [1.165, 1.54) is 10.6 Å². The van der Waals surface area contributed by atoms with Crippen LogP contribution in [-0.4, -0.2) is 65.9 Å². The summed E-state index contributed by atoms with van der Waals surface area (Å²) in [6.45, 7) is 1.76. The van der Waals surface area contributed by atoms with Crippen molar-refractivity contribution in [2.24, 2.45) is 5.92 Å². The lowest BCUT2D eigenvalue weighted by Crippen LogP contribution is -2.52. The fourth-order valence-corrected chi connectivity index (χ4v) is 3.94. The third-order valence-electron chi connectivity index (χ3n) is 4.36. The number of hydrogen-bond acceptors (Lipinski definition) is 4. The summed E-state index contributed by atoms with van der Waals surface area (Å²) >= 11 is 0. The van der Waals surface area contributed by atoms with Crippen LogP contribution in [0.1, 0.15) is 17.8 Å². The Balaban J connectivity index is 1.60. The van der Waals surface area contributed by atoms with E-state index in [9.17, 15) is 13.2 Å². The van der Waals surface area contributed by atoms with Crippen molar-refractivity contribution < 1.29 is 13.2 Å². The molecule has 1 unspecified atom stereocenters. The van der Waals surface area contributed by atoms with Crippen LogP contribution in [0.4, 0.5) is 0 Å². The van der Waals surface area contributed by atoms with Gasteiger partial charge in [-0.15, -0.1) is 0 Å². The van der Waals surface area contributed by atoms with Crippen LogP contribution in [0.15, 0.2) is 6.33 Å². The molecule has 0 spiro atoms. The highest BCUT2D eigenvalue weighted by molar-refractivity contribution is 7.88. The Morgan fingerprint density at radius 1 is 1.33 bits per heavy atom. The minimum absolute atomic E-state index is 0.0114. The second-order valence-electron chi connectivity index (χ2n) is 5.75. The smallest absolute Gasteiger partial charge is 0.226 e. The van der Waals surface area contributed by atoms with Gasteiger partial charge in [0.05, 0.1) is 18.3 Å². The molecule has 1 saturated heterocycles. The van der Waals surface area contributed by atoms with Crippen LogP contribution in [0, 0.1) is 5.92 Å². The van der Waals surface area contributed by atoms with Gasteiger partial charge < -0.3 is 9.88 Å². The molecule has 1 aromatic heterocycles. The number of aromatic nitrogens is 2. The number of hydrogen-bond donors (Lipinski definition) is 1. The first-order valence-corrected chi connectivity index (χ1v) is 9.05. The van der Waals surface area contributed by atoms with Gasteiger partial charge in [-0.05, 0) is 12.8 Å². The molecule has 0 radical (unpaired) electrons. The zero-order valence-electron chi connectivity index (χ0n) is 12.1. The first kappa shape index (κ1) is 14.5. The zero-order valence-corrected chi connectivity index (χ0v) is 12.9. The molecule has 1 aliphatic heterocycles. The molecule has 3 rings (SSSR count). The summed E-state index contributed by atoms with van der Waals surface area (Å²) < 4.78 is 24.4. The minimum atomic E-state index is -3.15. The van der Waals surface area contributed by atoms with E-state index in [1.54, 1.807) is 11.2 Å². The number of nitrogens with zero attached hydrogens (tertiary/aromatic N) is 3. The minimum Gasteiger partial charge on any atom is -0.348 e. The summed E-state index contributed by atoms with van der Waals surface area (Å²) in [4.78, 5) is 21.7. The largest absolute Gasteiger partial charge is 0.348 e. The molecular weight excluding hydrogens is 292 g/mol. The van der Waals surface area contributed by atoms with Gasteiger partial charge in [-0.25, -0.2) is 13.4 Å². The standard InChI is InChI=1S/C13H20N4O3S/c1-21(19,20)17-6-4-16(5-7-17)13(18)10-2-3-11-12(8-10)15-9-14-11/h9-10H,2-8H2,1H3,(H,14,15). The van der Waals surface area contributed by atoms with Crippen LogP contribution >= 0.6 is 0 Å². The van der Waals surface area contributed by atoms with E-state index in [0.717, 1.165) is 24.2 Å². The number of piperazine rings is 1. The van der Waals surface area contributed by atoms with Crippen molar-refractivity contribution >= 4 is 15.9 Å². The Bertz CT molecular complexity index is 632. The van der Waals surface area contributed by atoms with Crippen LogP contribution in [0.3, 0.4) is 0 Å². The maximum absolute atomic E-state index is 12.6. The molecule has 1 fully saturated rings. The number of sulfonamides is 1. The monoisotopic (exact) mass is 312 g/mol. The molecule has 1 aromatic rings. The summed E-state index contributed by atoms with van der Waals surface area (Å²) in [5.74, 6) is 0.131. The quantitative estimate of drug-likeness (QED) is 0.806. The second kappa shape index (κ2) is 5.42. The van der Waals surface area contributed by atoms with Crippen molar-refractivity contribution in [3.05, 3.63) is 17.7 Å². The van der Waals surface area contributed by atoms with Crippen molar-refractivity contribution in [2.45, 2.75) is 19.3 Å². The third kappa shape index (κ3) is 2.96. The normalized spacial score (nSPS) is 23.9. The maximum atomic E-state index is 12.6. The number of fused-ring (bicyclic) bond motifs is 1. The van der Waals surface area contributed by atoms with Crippen LogP contribution in [0.2, 0.25) is 0 Å². The average molecular weight is 312 g/mol. The van der Waals surface area contributed by atoms with E-state index in [-0.39, 0.29) is 11.8 Å². The number of rotatable bonds is 2. The molecule has 1 aliphatic carbocycles. The van der Waals surface area contributed by atoms with Gasteiger partial charge in [-0.3, -0.25) is 4.79 Å². The lowest BCUT2D eigenvalue weighted by Gasteiger charge is -2.35. The number of aromatic amines is 1. The van der Waals surface area contributed by atoms with E-state index in [0.29, 0.717) is 32.6 Å². The fraction of sp³-hybridized carbons (Fsp3) is 0.692. The number of H-pyrrole nitrogens is 1. The van der Waals surface area contributed by atoms with Crippen LogP contribution < -0.4 is 0 Å². The van der Waals surface area contributed by atoms with Gasteiger partial charge in [-0.2, -0.15) is 4.31 Å². The second-order valence-corrected chi connectivity index (χ2v) is 7.74. The van der Waals surface area contributed by atoms with Gasteiger partial charge in [0.1, 0.15) is 0 Å². The number of carbonyl (C=O) groups is 1. The molecule has 0 aromatic carbocycles. The topological polar surface area (TPSA) is 86.4 Å². The van der Waals surface area contributed by atoms with Gasteiger partial charge in [0.25, 0.3) is 0 Å². The number of imidazole rings is 1. The molecule has 0 saturated carbocycles. The molecular formula is C13H20N4O3S. The lowest BCUT2D eigenvalue weighted by molar-refractivity contribution is -0.137. The zero-order chi connectivity index (χ0) is 15.0. The molecule has 21 heavy (non-hydrogen) atoms. The number of nitrogens with one attached hydrogen (secondary N) is 1. The summed E-state index contributed by atoms with van der Waals surface area (Å²) in [7, 11) is -3.15. The molecule has 2 aliphatic rings. The third-order valence-corrected chi connectivity index (χ3v) is 5.66. The Hall–Kier alpha value is -1.41. The van der Waals surface area contributed by atoms with Crippen molar-refractivity contribution in [1.29, 1.82) is 0 Å². The van der Waals surface area contributed by atoms with Crippen LogP contribution in [-0.2, 0) is 27.7 Å². The van der Waals surface area contributed by atoms with Crippen LogP contribution in [0.25, 0.3) is 0 Å². The molecule has 7 nitrogen and oxygen atoms in total. The van der Waals surface area contributed by atoms with E-state index < -0.39 is 10.0 Å². The van der Waals surface area contributed by atoms with Crippen LogP contribution in [0.5, 0.6) is 0 Å². The van der Waals surface area contributed by atoms with Gasteiger partial charge >= 0.3 is 0 Å². The molecule has 0 bridgehead atoms. The van der Waals surface area contributed by atoms with Gasteiger partial charge in [0.2, 0.25) is 15.9 Å². The average Bonchev–Trinajstić information content (AvgIpc) is 2.93. The lowest BCUT2D eigenvalue weighted by atomic mass is 9.88. The highest BCUT2D eigenvalue weighted by atomic mass is 32.2. The number of aryl methyl sites for hydroxylation is 1. The van der Waals surface area contributed by atoms with Gasteiger partial charge in [-0.1, -0.05) is 0 Å². The number of carbonyl (C=O) groups excluding carboxylic acids is 1. The Labute approximate surface area is 124 Å². The maximum Gasteiger partial charge on any atom is 0.226 e. The van der Waals surface area contributed by atoms with Gasteiger partial charge in [0, 0.05) is 44.2 Å². The molecule has 1 N–H and O–H groups in total. The van der Waals surface area contributed by atoms with Crippen molar-refractivity contribution in [2.75, 3.05) is 32.4 Å². The highest BCUT2D eigenvalue weighted by Gasteiger charge is 2.32. The van der Waals surface area contributed by atoms with Gasteiger partial charge in [0.15, 0.2) is 0 Å². The molecule has 1 atom stereocenters.